The van der Waals surface area contributed by atoms with Crippen molar-refractivity contribution in [2.75, 3.05) is 0 Å². The number of aliphatic hydroxyl groups excluding tert-OH is 1. The average Bonchev–Trinajstić information content (AvgIpc) is 2.97. The van der Waals surface area contributed by atoms with Crippen molar-refractivity contribution in [2.24, 2.45) is 5.73 Å². The lowest BCUT2D eigenvalue weighted by Crippen LogP contribution is -2.59. The molecule has 0 radical (unpaired) electrons. The van der Waals surface area contributed by atoms with E-state index in [0.717, 1.165) is 5.56 Å². The third-order valence-corrected chi connectivity index (χ3v) is 6.64. The van der Waals surface area contributed by atoms with Crippen LogP contribution in [0.15, 0.2) is 84.9 Å². The predicted molar refractivity (Wildman–Crippen MR) is 155 cm³/mol. The van der Waals surface area contributed by atoms with E-state index in [2.05, 4.69) is 16.0 Å². The number of aromatic hydroxyl groups is 1. The number of carboxylic acids is 1. The molecule has 0 heterocycles. The number of carbonyl (C=O) groups is 4. The van der Waals surface area contributed by atoms with Crippen LogP contribution >= 0.6 is 0 Å². The van der Waals surface area contributed by atoms with E-state index in [1.54, 1.807) is 72.8 Å². The number of hydrogen-bond acceptors (Lipinski definition) is 7. The van der Waals surface area contributed by atoms with Crippen LogP contribution < -0.4 is 21.7 Å². The first-order valence-electron chi connectivity index (χ1n) is 13.5. The molecule has 0 bridgehead atoms. The molecule has 3 aromatic carbocycles. The topological polar surface area (TPSA) is 191 Å². The van der Waals surface area contributed by atoms with Crippen LogP contribution in [0.2, 0.25) is 0 Å². The number of aliphatic carboxylic acids is 1. The summed E-state index contributed by atoms with van der Waals surface area (Å²) in [7, 11) is 0. The second-order valence-corrected chi connectivity index (χ2v) is 10.0. The van der Waals surface area contributed by atoms with E-state index in [1.165, 1.54) is 19.1 Å². The minimum atomic E-state index is -1.32. The first-order chi connectivity index (χ1) is 20.0. The molecule has 0 aliphatic heterocycles. The van der Waals surface area contributed by atoms with Gasteiger partial charge in [0.25, 0.3) is 0 Å². The molecule has 8 N–H and O–H groups in total. The van der Waals surface area contributed by atoms with Crippen LogP contribution in [0.3, 0.4) is 0 Å². The summed E-state index contributed by atoms with van der Waals surface area (Å²) in [5.41, 5.74) is 7.79. The lowest BCUT2D eigenvalue weighted by Gasteiger charge is -2.26. The molecule has 0 spiro atoms. The summed E-state index contributed by atoms with van der Waals surface area (Å²) >= 11 is 0. The number of benzene rings is 3. The van der Waals surface area contributed by atoms with E-state index in [0.29, 0.717) is 11.1 Å². The molecule has 0 saturated heterocycles. The number of amides is 3. The van der Waals surface area contributed by atoms with E-state index < -0.39 is 54.0 Å². The number of nitrogens with two attached hydrogens (primary N) is 1. The molecule has 0 aliphatic rings. The van der Waals surface area contributed by atoms with Gasteiger partial charge in [-0.15, -0.1) is 0 Å². The maximum Gasteiger partial charge on any atom is 0.326 e. The summed E-state index contributed by atoms with van der Waals surface area (Å²) in [6.07, 6.45) is -1.10. The summed E-state index contributed by atoms with van der Waals surface area (Å²) in [6.45, 7) is 1.35. The molecule has 0 unspecified atom stereocenters. The smallest absolute Gasteiger partial charge is 0.326 e. The highest BCUT2D eigenvalue weighted by Gasteiger charge is 2.31. The first kappa shape index (κ1) is 31.8. The molecule has 0 fully saturated rings. The van der Waals surface area contributed by atoms with E-state index in [1.807, 2.05) is 0 Å². The van der Waals surface area contributed by atoms with Crippen LogP contribution in [0.5, 0.6) is 5.75 Å². The van der Waals surface area contributed by atoms with Crippen LogP contribution in [-0.2, 0) is 38.4 Å². The Labute approximate surface area is 243 Å². The van der Waals surface area contributed by atoms with Gasteiger partial charge in [-0.3, -0.25) is 14.4 Å². The van der Waals surface area contributed by atoms with Gasteiger partial charge in [0.15, 0.2) is 0 Å². The molecule has 0 aromatic heterocycles. The van der Waals surface area contributed by atoms with E-state index >= 15 is 0 Å². The zero-order chi connectivity index (χ0) is 30.6. The van der Waals surface area contributed by atoms with E-state index in [4.69, 9.17) is 5.73 Å². The molecule has 0 aliphatic carbocycles. The number of carboxylic acid groups (broad SMARTS) is 1. The number of rotatable bonds is 14. The van der Waals surface area contributed by atoms with Gasteiger partial charge in [-0.25, -0.2) is 4.79 Å². The van der Waals surface area contributed by atoms with Crippen molar-refractivity contribution in [1.82, 2.24) is 16.0 Å². The van der Waals surface area contributed by atoms with Crippen molar-refractivity contribution in [1.29, 1.82) is 0 Å². The molecule has 5 atom stereocenters. The number of hydrogen-bond donors (Lipinski definition) is 7. The van der Waals surface area contributed by atoms with Crippen LogP contribution in [0, 0.1) is 0 Å². The van der Waals surface area contributed by atoms with Crippen molar-refractivity contribution in [3.63, 3.8) is 0 Å². The Kier molecular flexibility index (Phi) is 11.6. The van der Waals surface area contributed by atoms with Gasteiger partial charge in [0.1, 0.15) is 29.9 Å². The lowest BCUT2D eigenvalue weighted by atomic mass is 10.0. The summed E-state index contributed by atoms with van der Waals surface area (Å²) in [4.78, 5) is 51.8. The van der Waals surface area contributed by atoms with Crippen LogP contribution in [0.4, 0.5) is 0 Å². The minimum Gasteiger partial charge on any atom is -0.508 e. The monoisotopic (exact) mass is 576 g/mol. The number of phenols is 1. The van der Waals surface area contributed by atoms with E-state index in [9.17, 15) is 34.5 Å². The van der Waals surface area contributed by atoms with Crippen molar-refractivity contribution < 1.29 is 34.5 Å². The summed E-state index contributed by atoms with van der Waals surface area (Å²) in [6, 6.07) is 18.8. The Morgan fingerprint density at radius 1 is 0.643 bits per heavy atom. The fourth-order valence-corrected chi connectivity index (χ4v) is 4.22. The summed E-state index contributed by atoms with van der Waals surface area (Å²) < 4.78 is 0. The number of phenolic OH excluding ortho intramolecular Hbond substituents is 1. The summed E-state index contributed by atoms with van der Waals surface area (Å²) in [5.74, 6) is -3.42. The zero-order valence-corrected chi connectivity index (χ0v) is 23.1. The van der Waals surface area contributed by atoms with Gasteiger partial charge < -0.3 is 37.0 Å². The van der Waals surface area contributed by atoms with Crippen molar-refractivity contribution in [2.45, 2.75) is 56.5 Å². The van der Waals surface area contributed by atoms with Crippen LogP contribution in [-0.4, -0.2) is 69.3 Å². The Hall–Kier alpha value is -4.74. The normalized spacial score (nSPS) is 14.5. The van der Waals surface area contributed by atoms with E-state index in [-0.39, 0.29) is 25.0 Å². The quantitative estimate of drug-likeness (QED) is 0.146. The largest absolute Gasteiger partial charge is 0.508 e. The highest BCUT2D eigenvalue weighted by Crippen LogP contribution is 2.12. The Bertz CT molecular complexity index is 1330. The Morgan fingerprint density at radius 3 is 1.45 bits per heavy atom. The average molecular weight is 577 g/mol. The Balaban J connectivity index is 1.84. The molecule has 11 heteroatoms. The van der Waals surface area contributed by atoms with Gasteiger partial charge in [0, 0.05) is 19.3 Å². The molecule has 11 nitrogen and oxygen atoms in total. The van der Waals surface area contributed by atoms with Gasteiger partial charge >= 0.3 is 5.97 Å². The maximum atomic E-state index is 13.6. The van der Waals surface area contributed by atoms with Gasteiger partial charge in [-0.05, 0) is 35.7 Å². The van der Waals surface area contributed by atoms with Gasteiger partial charge in [0.2, 0.25) is 17.7 Å². The molecule has 42 heavy (non-hydrogen) atoms. The number of nitrogens with one attached hydrogen (secondary N) is 3. The van der Waals surface area contributed by atoms with Gasteiger partial charge in [-0.1, -0.05) is 72.8 Å². The van der Waals surface area contributed by atoms with Gasteiger partial charge in [-0.2, -0.15) is 0 Å². The molecule has 3 aromatic rings. The Morgan fingerprint density at radius 2 is 1.02 bits per heavy atom. The molecule has 222 valence electrons. The molecular formula is C31H36N4O7. The van der Waals surface area contributed by atoms with Crippen molar-refractivity contribution in [3.05, 3.63) is 102 Å². The maximum absolute atomic E-state index is 13.6. The highest BCUT2D eigenvalue weighted by atomic mass is 16.4. The second-order valence-electron chi connectivity index (χ2n) is 10.0. The summed E-state index contributed by atoms with van der Waals surface area (Å²) in [5, 5.41) is 36.9. The third-order valence-electron chi connectivity index (χ3n) is 6.64. The standard InChI is InChI=1S/C31H36N4O7/c1-19(36)27(32)30(40)34-25(17-21-10-6-3-7-11-21)28(38)33-24(16-20-8-4-2-5-9-20)29(39)35-26(31(41)42)18-22-12-14-23(37)15-13-22/h2-15,19,24-27,36-37H,16-18,32H2,1H3,(H,33,38)(H,34,40)(H,35,39)(H,41,42)/t19-,24+,25+,26+,27+/m1/s1. The number of carbonyl (C=O) groups excluding carboxylic acids is 3. The fraction of sp³-hybridized carbons (Fsp3) is 0.290. The zero-order valence-electron chi connectivity index (χ0n) is 23.1. The molecule has 0 saturated carbocycles. The lowest BCUT2D eigenvalue weighted by molar-refractivity contribution is -0.142. The predicted octanol–water partition coefficient (Wildman–Crippen LogP) is 0.667. The van der Waals surface area contributed by atoms with Crippen molar-refractivity contribution in [3.8, 4) is 5.75 Å². The van der Waals surface area contributed by atoms with Gasteiger partial charge in [0.05, 0.1) is 6.10 Å². The molecular weight excluding hydrogens is 540 g/mol. The van der Waals surface area contributed by atoms with Crippen LogP contribution in [0.1, 0.15) is 23.6 Å². The molecule has 3 amide bonds. The highest BCUT2D eigenvalue weighted by molar-refractivity contribution is 5.94. The first-order valence-corrected chi connectivity index (χ1v) is 13.5. The van der Waals surface area contributed by atoms with Crippen LogP contribution in [0.25, 0.3) is 0 Å². The number of aliphatic hydroxyl groups is 1. The fourth-order valence-electron chi connectivity index (χ4n) is 4.22. The SMILES string of the molecule is C[C@@H](O)[C@H](N)C(=O)N[C@@H](Cc1ccccc1)C(=O)N[C@@H](Cc1ccccc1)C(=O)N[C@@H](Cc1ccc(O)cc1)C(=O)O. The molecule has 3 rings (SSSR count). The third kappa shape index (κ3) is 9.72. The van der Waals surface area contributed by atoms with Crippen molar-refractivity contribution >= 4 is 23.7 Å². The minimum absolute atomic E-state index is 0.0202. The second kappa shape index (κ2) is 15.3.